The summed E-state index contributed by atoms with van der Waals surface area (Å²) in [6.07, 6.45) is 1.96. The molecule has 2 aliphatic heterocycles. The zero-order valence-corrected chi connectivity index (χ0v) is 23.1. The minimum absolute atomic E-state index is 0.0546. The predicted octanol–water partition coefficient (Wildman–Crippen LogP) is 5.19. The number of amides is 4. The zero-order chi connectivity index (χ0) is 28.1. The van der Waals surface area contributed by atoms with E-state index >= 15 is 0 Å². The Kier molecular flexibility index (Phi) is 8.40. The summed E-state index contributed by atoms with van der Waals surface area (Å²) in [4.78, 5) is 45.1. The molecule has 208 valence electrons. The first-order valence-electron chi connectivity index (χ1n) is 13.4. The number of piperazine rings is 1. The molecule has 4 amide bonds. The van der Waals surface area contributed by atoms with Crippen molar-refractivity contribution in [3.63, 3.8) is 0 Å². The van der Waals surface area contributed by atoms with Crippen LogP contribution in [-0.2, 0) is 0 Å². The number of nitrogens with zero attached hydrogens (tertiary/aromatic N) is 3. The van der Waals surface area contributed by atoms with Gasteiger partial charge in [-0.05, 0) is 67.4 Å². The van der Waals surface area contributed by atoms with Crippen LogP contribution in [0.4, 0.5) is 21.9 Å². The SMILES string of the molecule is COc1ccc(NC(=O)N2CCN(c3ccc(NC(=O)c4ccccc4Cl)cc3C(=O)N3CCCC3)CC2)cc1. The van der Waals surface area contributed by atoms with Crippen molar-refractivity contribution >= 4 is 46.5 Å². The van der Waals surface area contributed by atoms with Crippen molar-refractivity contribution in [2.45, 2.75) is 12.8 Å². The summed E-state index contributed by atoms with van der Waals surface area (Å²) < 4.78 is 5.17. The fraction of sp³-hybridized carbons (Fsp3) is 0.300. The maximum atomic E-state index is 13.6. The Bertz CT molecular complexity index is 1380. The van der Waals surface area contributed by atoms with Gasteiger partial charge in [0.05, 0.1) is 23.3 Å². The van der Waals surface area contributed by atoms with Crippen molar-refractivity contribution < 1.29 is 19.1 Å². The zero-order valence-electron chi connectivity index (χ0n) is 22.4. The Hall–Kier alpha value is -4.24. The van der Waals surface area contributed by atoms with Crippen LogP contribution < -0.4 is 20.3 Å². The lowest BCUT2D eigenvalue weighted by Gasteiger charge is -2.37. The van der Waals surface area contributed by atoms with E-state index in [0.717, 1.165) is 24.3 Å². The van der Waals surface area contributed by atoms with Crippen LogP contribution in [-0.4, -0.2) is 74.0 Å². The lowest BCUT2D eigenvalue weighted by molar-refractivity contribution is 0.0792. The van der Waals surface area contributed by atoms with E-state index in [1.807, 2.05) is 11.0 Å². The molecule has 9 nitrogen and oxygen atoms in total. The third-order valence-electron chi connectivity index (χ3n) is 7.25. The van der Waals surface area contributed by atoms with Crippen molar-refractivity contribution in [3.8, 4) is 5.75 Å². The molecule has 2 fully saturated rings. The van der Waals surface area contributed by atoms with Crippen molar-refractivity contribution in [2.75, 3.05) is 61.9 Å². The first kappa shape index (κ1) is 27.3. The molecule has 2 saturated heterocycles. The normalized spacial score (nSPS) is 15.1. The van der Waals surface area contributed by atoms with Gasteiger partial charge in [-0.15, -0.1) is 0 Å². The van der Waals surface area contributed by atoms with Crippen LogP contribution in [0.25, 0.3) is 0 Å². The van der Waals surface area contributed by atoms with Crippen LogP contribution in [0, 0.1) is 0 Å². The number of halogens is 1. The Morgan fingerprint density at radius 3 is 2.10 bits per heavy atom. The Balaban J connectivity index is 1.30. The predicted molar refractivity (Wildman–Crippen MR) is 157 cm³/mol. The molecule has 5 rings (SSSR count). The average Bonchev–Trinajstić information content (AvgIpc) is 3.53. The summed E-state index contributed by atoms with van der Waals surface area (Å²) in [6, 6.07) is 19.3. The minimum atomic E-state index is -0.339. The van der Waals surface area contributed by atoms with Crippen LogP contribution in [0.15, 0.2) is 66.7 Å². The Morgan fingerprint density at radius 1 is 0.750 bits per heavy atom. The number of carbonyl (C=O) groups excluding carboxylic acids is 3. The monoisotopic (exact) mass is 561 g/mol. The largest absolute Gasteiger partial charge is 0.497 e. The summed E-state index contributed by atoms with van der Waals surface area (Å²) >= 11 is 6.21. The Labute approximate surface area is 238 Å². The molecule has 2 heterocycles. The molecule has 0 spiro atoms. The second-order valence-corrected chi connectivity index (χ2v) is 10.2. The fourth-order valence-corrected chi connectivity index (χ4v) is 5.24. The summed E-state index contributed by atoms with van der Waals surface area (Å²) in [5.74, 6) is 0.329. The van der Waals surface area contributed by atoms with Gasteiger partial charge >= 0.3 is 6.03 Å². The summed E-state index contributed by atoms with van der Waals surface area (Å²) in [5, 5.41) is 6.18. The molecule has 40 heavy (non-hydrogen) atoms. The lowest BCUT2D eigenvalue weighted by atomic mass is 10.1. The summed E-state index contributed by atoms with van der Waals surface area (Å²) in [7, 11) is 1.60. The highest BCUT2D eigenvalue weighted by atomic mass is 35.5. The molecule has 0 saturated carbocycles. The summed E-state index contributed by atoms with van der Waals surface area (Å²) in [6.45, 7) is 3.58. The lowest BCUT2D eigenvalue weighted by Crippen LogP contribution is -2.50. The number of nitrogens with one attached hydrogen (secondary N) is 2. The van der Waals surface area contributed by atoms with Crippen LogP contribution in [0.3, 0.4) is 0 Å². The van der Waals surface area contributed by atoms with Gasteiger partial charge in [0.2, 0.25) is 0 Å². The number of rotatable bonds is 6. The van der Waals surface area contributed by atoms with Crippen LogP contribution in [0.2, 0.25) is 5.02 Å². The molecule has 0 atom stereocenters. The molecule has 0 aromatic heterocycles. The quantitative estimate of drug-likeness (QED) is 0.432. The molecule has 0 bridgehead atoms. The van der Waals surface area contributed by atoms with E-state index in [4.69, 9.17) is 16.3 Å². The molecule has 0 unspecified atom stereocenters. The standard InChI is InChI=1S/C30H32ClN5O4/c1-40-23-11-8-21(9-12-23)33-30(39)36-18-16-34(17-19-36)27-13-10-22(20-25(27)29(38)35-14-4-5-15-35)32-28(37)24-6-2-3-7-26(24)31/h2-3,6-13,20H,4-5,14-19H2,1H3,(H,32,37)(H,33,39). The number of hydrogen-bond donors (Lipinski definition) is 2. The van der Waals surface area contributed by atoms with E-state index in [0.29, 0.717) is 66.8 Å². The van der Waals surface area contributed by atoms with E-state index in [1.54, 1.807) is 72.7 Å². The number of hydrogen-bond acceptors (Lipinski definition) is 5. The maximum Gasteiger partial charge on any atom is 0.321 e. The minimum Gasteiger partial charge on any atom is -0.497 e. The fourth-order valence-electron chi connectivity index (χ4n) is 5.02. The van der Waals surface area contributed by atoms with Gasteiger partial charge in [-0.2, -0.15) is 0 Å². The van der Waals surface area contributed by atoms with E-state index in [1.165, 1.54) is 0 Å². The van der Waals surface area contributed by atoms with Crippen molar-refractivity contribution in [2.24, 2.45) is 0 Å². The van der Waals surface area contributed by atoms with Gasteiger partial charge in [0.1, 0.15) is 5.75 Å². The van der Waals surface area contributed by atoms with Gasteiger partial charge < -0.3 is 30.1 Å². The van der Waals surface area contributed by atoms with Gasteiger partial charge in [-0.1, -0.05) is 23.7 Å². The van der Waals surface area contributed by atoms with E-state index in [2.05, 4.69) is 15.5 Å². The topological polar surface area (TPSA) is 94.2 Å². The van der Waals surface area contributed by atoms with Gasteiger partial charge in [0.15, 0.2) is 0 Å². The number of methoxy groups -OCH3 is 1. The smallest absolute Gasteiger partial charge is 0.321 e. The molecule has 2 N–H and O–H groups in total. The number of anilines is 3. The number of ether oxygens (including phenoxy) is 1. The molecular formula is C30H32ClN5O4. The van der Waals surface area contributed by atoms with Crippen LogP contribution in [0.5, 0.6) is 5.75 Å². The first-order valence-corrected chi connectivity index (χ1v) is 13.7. The van der Waals surface area contributed by atoms with Crippen molar-refractivity contribution in [1.82, 2.24) is 9.80 Å². The molecule has 3 aromatic rings. The highest BCUT2D eigenvalue weighted by Crippen LogP contribution is 2.29. The van der Waals surface area contributed by atoms with Crippen molar-refractivity contribution in [1.29, 1.82) is 0 Å². The second-order valence-electron chi connectivity index (χ2n) is 9.80. The van der Waals surface area contributed by atoms with Crippen LogP contribution >= 0.6 is 11.6 Å². The average molecular weight is 562 g/mol. The third-order valence-corrected chi connectivity index (χ3v) is 7.58. The highest BCUT2D eigenvalue weighted by Gasteiger charge is 2.28. The van der Waals surface area contributed by atoms with Gasteiger partial charge in [0, 0.05) is 56.3 Å². The highest BCUT2D eigenvalue weighted by molar-refractivity contribution is 6.34. The number of likely N-dealkylation sites (tertiary alicyclic amines) is 1. The van der Waals surface area contributed by atoms with Crippen LogP contribution in [0.1, 0.15) is 33.6 Å². The van der Waals surface area contributed by atoms with Gasteiger partial charge in [-0.25, -0.2) is 4.79 Å². The molecule has 0 aliphatic carbocycles. The second kappa shape index (κ2) is 12.3. The molecule has 0 radical (unpaired) electrons. The van der Waals surface area contributed by atoms with Crippen molar-refractivity contribution in [3.05, 3.63) is 82.9 Å². The number of urea groups is 1. The van der Waals surface area contributed by atoms with Gasteiger partial charge in [-0.3, -0.25) is 9.59 Å². The molecule has 3 aromatic carbocycles. The summed E-state index contributed by atoms with van der Waals surface area (Å²) in [5.41, 5.74) is 2.91. The van der Waals surface area contributed by atoms with Gasteiger partial charge in [0.25, 0.3) is 11.8 Å². The molecular weight excluding hydrogens is 530 g/mol. The van der Waals surface area contributed by atoms with E-state index in [9.17, 15) is 14.4 Å². The third kappa shape index (κ3) is 6.15. The van der Waals surface area contributed by atoms with E-state index < -0.39 is 0 Å². The number of carbonyl (C=O) groups is 3. The molecule has 10 heteroatoms. The van der Waals surface area contributed by atoms with E-state index in [-0.39, 0.29) is 17.8 Å². The number of benzene rings is 3. The first-order chi connectivity index (χ1) is 19.4. The Morgan fingerprint density at radius 2 is 1.43 bits per heavy atom. The molecule has 2 aliphatic rings. The maximum absolute atomic E-state index is 13.6.